The van der Waals surface area contributed by atoms with Crippen LogP contribution in [0.25, 0.3) is 27.7 Å². The third-order valence-electron chi connectivity index (χ3n) is 5.24. The zero-order valence-electron chi connectivity index (χ0n) is 15.4. The molecule has 0 radical (unpaired) electrons. The molecular weight excluding hydrogens is 401 g/mol. The number of aromatic nitrogens is 2. The quantitative estimate of drug-likeness (QED) is 0.363. The third kappa shape index (κ3) is 3.28. The van der Waals surface area contributed by atoms with Gasteiger partial charge in [-0.15, -0.1) is 0 Å². The van der Waals surface area contributed by atoms with Gasteiger partial charge in [-0.3, -0.25) is 4.40 Å². The summed E-state index contributed by atoms with van der Waals surface area (Å²) in [5.74, 6) is 0. The summed E-state index contributed by atoms with van der Waals surface area (Å²) in [6, 6.07) is 23.7. The standard InChI is InChI=1S/C24H17Cl2N3/c25-18-7-4-15(5-8-18)24(27)17-6-9-22-21(13-17)20(14-23-28-10-11-29(22)23)16-2-1-3-19(26)12-16/h1-14,24H,27H2. The molecule has 3 aromatic carbocycles. The smallest absolute Gasteiger partial charge is 0.137 e. The van der Waals surface area contributed by atoms with Crippen molar-refractivity contribution in [2.75, 3.05) is 0 Å². The Bertz CT molecular complexity index is 1340. The number of fused-ring (bicyclic) bond motifs is 3. The van der Waals surface area contributed by atoms with Gasteiger partial charge in [-0.1, -0.05) is 53.5 Å². The fraction of sp³-hybridized carbons (Fsp3) is 0.0417. The fourth-order valence-electron chi connectivity index (χ4n) is 3.76. The minimum atomic E-state index is -0.248. The van der Waals surface area contributed by atoms with E-state index in [4.69, 9.17) is 28.9 Å². The molecule has 2 N–H and O–H groups in total. The highest BCUT2D eigenvalue weighted by atomic mass is 35.5. The number of halogens is 2. The second-order valence-electron chi connectivity index (χ2n) is 7.03. The Labute approximate surface area is 178 Å². The predicted octanol–water partition coefficient (Wildman–Crippen LogP) is 6.51. The number of nitrogens with zero attached hydrogens (tertiary/aromatic N) is 2. The van der Waals surface area contributed by atoms with Gasteiger partial charge in [0.05, 0.1) is 11.6 Å². The molecule has 0 saturated carbocycles. The lowest BCUT2D eigenvalue weighted by molar-refractivity contribution is 0.873. The summed E-state index contributed by atoms with van der Waals surface area (Å²) in [5, 5.41) is 2.50. The van der Waals surface area contributed by atoms with Crippen LogP contribution in [0.1, 0.15) is 17.2 Å². The van der Waals surface area contributed by atoms with Crippen molar-refractivity contribution in [3.63, 3.8) is 0 Å². The number of pyridine rings is 1. The van der Waals surface area contributed by atoms with E-state index in [0.717, 1.165) is 38.8 Å². The van der Waals surface area contributed by atoms with Gasteiger partial charge >= 0.3 is 0 Å². The van der Waals surface area contributed by atoms with Crippen LogP contribution in [0.2, 0.25) is 10.0 Å². The van der Waals surface area contributed by atoms with Crippen molar-refractivity contribution in [3.8, 4) is 11.1 Å². The van der Waals surface area contributed by atoms with Crippen LogP contribution in [0.3, 0.4) is 0 Å². The first-order valence-corrected chi connectivity index (χ1v) is 10.0. The van der Waals surface area contributed by atoms with E-state index in [1.165, 1.54) is 0 Å². The lowest BCUT2D eigenvalue weighted by Crippen LogP contribution is -2.11. The van der Waals surface area contributed by atoms with Crippen molar-refractivity contribution in [1.29, 1.82) is 0 Å². The summed E-state index contributed by atoms with van der Waals surface area (Å²) in [6.07, 6.45) is 3.78. The zero-order chi connectivity index (χ0) is 20.0. The maximum Gasteiger partial charge on any atom is 0.137 e. The van der Waals surface area contributed by atoms with Gasteiger partial charge in [0, 0.05) is 27.8 Å². The van der Waals surface area contributed by atoms with Crippen LogP contribution >= 0.6 is 23.2 Å². The topological polar surface area (TPSA) is 43.3 Å². The molecule has 5 rings (SSSR count). The van der Waals surface area contributed by atoms with Crippen molar-refractivity contribution in [3.05, 3.63) is 106 Å². The maximum absolute atomic E-state index is 6.58. The van der Waals surface area contributed by atoms with Gasteiger partial charge in [0.1, 0.15) is 5.65 Å². The van der Waals surface area contributed by atoms with E-state index >= 15 is 0 Å². The molecule has 5 heteroatoms. The first-order valence-electron chi connectivity index (χ1n) is 9.27. The summed E-state index contributed by atoms with van der Waals surface area (Å²) in [6.45, 7) is 0. The van der Waals surface area contributed by atoms with E-state index in [1.807, 2.05) is 54.9 Å². The zero-order valence-corrected chi connectivity index (χ0v) is 16.9. The molecule has 1 atom stereocenters. The van der Waals surface area contributed by atoms with Crippen LogP contribution < -0.4 is 5.73 Å². The number of hydrogen-bond acceptors (Lipinski definition) is 2. The Morgan fingerprint density at radius 1 is 0.828 bits per heavy atom. The Hall–Kier alpha value is -2.85. The van der Waals surface area contributed by atoms with Gasteiger partial charge in [0.2, 0.25) is 0 Å². The Morgan fingerprint density at radius 2 is 1.62 bits per heavy atom. The molecule has 142 valence electrons. The Kier molecular flexibility index (Phi) is 4.51. The van der Waals surface area contributed by atoms with Gasteiger partial charge in [-0.25, -0.2) is 4.98 Å². The highest BCUT2D eigenvalue weighted by Crippen LogP contribution is 2.34. The lowest BCUT2D eigenvalue weighted by Gasteiger charge is -2.16. The minimum Gasteiger partial charge on any atom is -0.320 e. The first-order chi connectivity index (χ1) is 14.1. The molecule has 0 spiro atoms. The van der Waals surface area contributed by atoms with Crippen LogP contribution in [0.4, 0.5) is 0 Å². The summed E-state index contributed by atoms with van der Waals surface area (Å²) >= 11 is 12.3. The van der Waals surface area contributed by atoms with Crippen molar-refractivity contribution in [1.82, 2.24) is 9.38 Å². The van der Waals surface area contributed by atoms with Gasteiger partial charge in [0.15, 0.2) is 0 Å². The Morgan fingerprint density at radius 3 is 2.41 bits per heavy atom. The normalized spacial score (nSPS) is 12.5. The predicted molar refractivity (Wildman–Crippen MR) is 121 cm³/mol. The van der Waals surface area contributed by atoms with E-state index in [9.17, 15) is 0 Å². The molecule has 0 amide bonds. The average Bonchev–Trinajstić information content (AvgIpc) is 3.22. The lowest BCUT2D eigenvalue weighted by atomic mass is 9.95. The molecular formula is C24H17Cl2N3. The van der Waals surface area contributed by atoms with Gasteiger partial charge in [-0.2, -0.15) is 0 Å². The molecule has 29 heavy (non-hydrogen) atoms. The average molecular weight is 418 g/mol. The summed E-state index contributed by atoms with van der Waals surface area (Å²) in [4.78, 5) is 4.48. The second kappa shape index (κ2) is 7.20. The minimum absolute atomic E-state index is 0.248. The van der Waals surface area contributed by atoms with Gasteiger partial charge in [0.25, 0.3) is 0 Å². The molecule has 0 saturated heterocycles. The molecule has 2 heterocycles. The van der Waals surface area contributed by atoms with Crippen LogP contribution in [0.15, 0.2) is 85.2 Å². The third-order valence-corrected chi connectivity index (χ3v) is 5.72. The SMILES string of the molecule is NC(c1ccc(Cl)cc1)c1ccc2c(c1)c(-c1cccc(Cl)c1)cc1nccn12. The molecule has 3 nitrogen and oxygen atoms in total. The number of imidazole rings is 1. The summed E-state index contributed by atoms with van der Waals surface area (Å²) in [5.41, 5.74) is 12.7. The molecule has 0 aliphatic heterocycles. The first kappa shape index (κ1) is 18.2. The van der Waals surface area contributed by atoms with E-state index in [-0.39, 0.29) is 6.04 Å². The number of rotatable bonds is 3. The van der Waals surface area contributed by atoms with Crippen molar-refractivity contribution < 1.29 is 0 Å². The van der Waals surface area contributed by atoms with Crippen LogP contribution in [-0.2, 0) is 0 Å². The highest BCUT2D eigenvalue weighted by molar-refractivity contribution is 6.31. The second-order valence-corrected chi connectivity index (χ2v) is 7.90. The molecule has 0 bridgehead atoms. The van der Waals surface area contributed by atoms with Gasteiger partial charge in [-0.05, 0) is 64.7 Å². The van der Waals surface area contributed by atoms with E-state index in [1.54, 1.807) is 0 Å². The number of nitrogens with two attached hydrogens (primary N) is 1. The Balaban J connectivity index is 1.74. The molecule has 1 unspecified atom stereocenters. The van der Waals surface area contributed by atoms with E-state index < -0.39 is 0 Å². The number of hydrogen-bond donors (Lipinski definition) is 1. The molecule has 5 aromatic rings. The largest absolute Gasteiger partial charge is 0.320 e. The summed E-state index contributed by atoms with van der Waals surface area (Å²) < 4.78 is 2.08. The molecule has 2 aromatic heterocycles. The number of benzene rings is 3. The van der Waals surface area contributed by atoms with Crippen molar-refractivity contribution >= 4 is 39.8 Å². The van der Waals surface area contributed by atoms with Crippen molar-refractivity contribution in [2.24, 2.45) is 5.73 Å². The fourth-order valence-corrected chi connectivity index (χ4v) is 4.08. The van der Waals surface area contributed by atoms with Crippen molar-refractivity contribution in [2.45, 2.75) is 6.04 Å². The van der Waals surface area contributed by atoms with E-state index in [2.05, 4.69) is 39.7 Å². The monoisotopic (exact) mass is 417 g/mol. The van der Waals surface area contributed by atoms with Crippen LogP contribution in [-0.4, -0.2) is 9.38 Å². The highest BCUT2D eigenvalue weighted by Gasteiger charge is 2.14. The van der Waals surface area contributed by atoms with Crippen LogP contribution in [0, 0.1) is 0 Å². The molecule has 0 fully saturated rings. The maximum atomic E-state index is 6.58. The van der Waals surface area contributed by atoms with E-state index in [0.29, 0.717) is 10.0 Å². The van der Waals surface area contributed by atoms with Gasteiger partial charge < -0.3 is 5.73 Å². The summed E-state index contributed by atoms with van der Waals surface area (Å²) in [7, 11) is 0. The van der Waals surface area contributed by atoms with Crippen LogP contribution in [0.5, 0.6) is 0 Å². The molecule has 0 aliphatic rings. The molecule has 0 aliphatic carbocycles.